The molecule has 0 radical (unpaired) electrons. The lowest BCUT2D eigenvalue weighted by Crippen LogP contribution is -2.12. The molecule has 0 saturated heterocycles. The van der Waals surface area contributed by atoms with Crippen LogP contribution in [-0.2, 0) is 19.5 Å². The second-order valence-corrected chi connectivity index (χ2v) is 7.72. The number of nitrogens with zero attached hydrogens (tertiary/aromatic N) is 1. The SMILES string of the molecule is Cc1ccc(-c2nc(CCOc3ccc(CNCc4ccccc4)cc3)c(C)o2)cc1. The van der Waals surface area contributed by atoms with Gasteiger partial charge in [-0.3, -0.25) is 0 Å². The number of hydrogen-bond acceptors (Lipinski definition) is 4. The Balaban J connectivity index is 1.25. The largest absolute Gasteiger partial charge is 0.493 e. The zero-order valence-electron chi connectivity index (χ0n) is 18.1. The normalized spacial score (nSPS) is 10.9. The van der Waals surface area contributed by atoms with Crippen LogP contribution in [-0.4, -0.2) is 11.6 Å². The molecule has 0 saturated carbocycles. The van der Waals surface area contributed by atoms with Crippen LogP contribution in [0.25, 0.3) is 11.5 Å². The van der Waals surface area contributed by atoms with E-state index in [0.717, 1.165) is 35.9 Å². The van der Waals surface area contributed by atoms with Gasteiger partial charge < -0.3 is 14.5 Å². The number of ether oxygens (including phenoxy) is 1. The lowest BCUT2D eigenvalue weighted by Gasteiger charge is -2.08. The van der Waals surface area contributed by atoms with Gasteiger partial charge in [-0.05, 0) is 49.2 Å². The van der Waals surface area contributed by atoms with Gasteiger partial charge >= 0.3 is 0 Å². The summed E-state index contributed by atoms with van der Waals surface area (Å²) < 4.78 is 11.8. The predicted octanol–water partition coefficient (Wildman–Crippen LogP) is 5.87. The molecule has 1 heterocycles. The van der Waals surface area contributed by atoms with Crippen LogP contribution in [0.5, 0.6) is 5.75 Å². The van der Waals surface area contributed by atoms with Crippen molar-refractivity contribution in [1.82, 2.24) is 10.3 Å². The number of hydrogen-bond donors (Lipinski definition) is 1. The third-order valence-corrected chi connectivity index (χ3v) is 5.22. The van der Waals surface area contributed by atoms with Gasteiger partial charge in [0.2, 0.25) is 5.89 Å². The number of aryl methyl sites for hydroxylation is 2. The van der Waals surface area contributed by atoms with Crippen molar-refractivity contribution in [3.05, 3.63) is 107 Å². The summed E-state index contributed by atoms with van der Waals surface area (Å²) in [4.78, 5) is 4.66. The van der Waals surface area contributed by atoms with E-state index < -0.39 is 0 Å². The Labute approximate surface area is 183 Å². The molecule has 4 aromatic rings. The molecular weight excluding hydrogens is 384 g/mol. The molecule has 0 atom stereocenters. The highest BCUT2D eigenvalue weighted by Crippen LogP contribution is 2.22. The summed E-state index contributed by atoms with van der Waals surface area (Å²) in [6, 6.07) is 26.9. The number of oxazole rings is 1. The van der Waals surface area contributed by atoms with Crippen molar-refractivity contribution in [2.75, 3.05) is 6.61 Å². The fourth-order valence-corrected chi connectivity index (χ4v) is 3.40. The maximum absolute atomic E-state index is 5.92. The molecule has 1 aromatic heterocycles. The van der Waals surface area contributed by atoms with Crippen LogP contribution in [0.1, 0.15) is 28.1 Å². The van der Waals surface area contributed by atoms with Gasteiger partial charge in [0.05, 0.1) is 12.3 Å². The topological polar surface area (TPSA) is 47.3 Å². The summed E-state index contributed by atoms with van der Waals surface area (Å²) in [5.41, 5.74) is 5.68. The summed E-state index contributed by atoms with van der Waals surface area (Å²) in [6.45, 7) is 6.28. The van der Waals surface area contributed by atoms with Crippen molar-refractivity contribution in [3.8, 4) is 17.2 Å². The molecule has 4 rings (SSSR count). The smallest absolute Gasteiger partial charge is 0.226 e. The minimum atomic E-state index is 0.562. The molecule has 4 nitrogen and oxygen atoms in total. The van der Waals surface area contributed by atoms with Crippen molar-refractivity contribution < 1.29 is 9.15 Å². The lowest BCUT2D eigenvalue weighted by molar-refractivity contribution is 0.320. The number of benzene rings is 3. The van der Waals surface area contributed by atoms with Crippen LogP contribution < -0.4 is 10.1 Å². The van der Waals surface area contributed by atoms with Crippen molar-refractivity contribution in [3.63, 3.8) is 0 Å². The Morgan fingerprint density at radius 3 is 2.19 bits per heavy atom. The van der Waals surface area contributed by atoms with Gasteiger partial charge in [0.25, 0.3) is 0 Å². The molecule has 0 aliphatic carbocycles. The van der Waals surface area contributed by atoms with E-state index in [1.807, 2.05) is 37.3 Å². The number of rotatable bonds is 9. The van der Waals surface area contributed by atoms with Gasteiger partial charge in [0.1, 0.15) is 11.5 Å². The summed E-state index contributed by atoms with van der Waals surface area (Å²) in [7, 11) is 0. The van der Waals surface area contributed by atoms with Crippen LogP contribution in [0.2, 0.25) is 0 Å². The van der Waals surface area contributed by atoms with E-state index in [2.05, 4.69) is 65.8 Å². The molecule has 0 fully saturated rings. The second kappa shape index (κ2) is 10.1. The molecule has 158 valence electrons. The Bertz CT molecular complexity index is 1080. The van der Waals surface area contributed by atoms with E-state index in [-0.39, 0.29) is 0 Å². The first-order valence-electron chi connectivity index (χ1n) is 10.7. The maximum Gasteiger partial charge on any atom is 0.226 e. The first kappa shape index (κ1) is 20.9. The van der Waals surface area contributed by atoms with E-state index in [9.17, 15) is 0 Å². The van der Waals surface area contributed by atoms with Crippen LogP contribution in [0, 0.1) is 13.8 Å². The second-order valence-electron chi connectivity index (χ2n) is 7.72. The predicted molar refractivity (Wildman–Crippen MR) is 124 cm³/mol. The van der Waals surface area contributed by atoms with Gasteiger partial charge in [-0.1, -0.05) is 60.2 Å². The molecule has 1 N–H and O–H groups in total. The van der Waals surface area contributed by atoms with Gasteiger partial charge in [0.15, 0.2) is 0 Å². The van der Waals surface area contributed by atoms with E-state index in [4.69, 9.17) is 9.15 Å². The van der Waals surface area contributed by atoms with Gasteiger partial charge in [-0.15, -0.1) is 0 Å². The minimum absolute atomic E-state index is 0.562. The molecule has 0 amide bonds. The average Bonchev–Trinajstić information content (AvgIpc) is 3.16. The number of aromatic nitrogens is 1. The standard InChI is InChI=1S/C27H28N2O2/c1-20-8-12-24(13-9-20)27-29-26(21(2)31-27)16-17-30-25-14-10-23(11-15-25)19-28-18-22-6-4-3-5-7-22/h3-15,28H,16-19H2,1-2H3. The first-order chi connectivity index (χ1) is 15.2. The van der Waals surface area contributed by atoms with Gasteiger partial charge in [0, 0.05) is 25.1 Å². The van der Waals surface area contributed by atoms with Gasteiger partial charge in [-0.2, -0.15) is 0 Å². The lowest BCUT2D eigenvalue weighted by atomic mass is 10.1. The van der Waals surface area contributed by atoms with Crippen LogP contribution in [0.3, 0.4) is 0 Å². The summed E-state index contributed by atoms with van der Waals surface area (Å²) in [5, 5.41) is 3.47. The highest BCUT2D eigenvalue weighted by atomic mass is 16.5. The molecule has 0 aliphatic heterocycles. The highest BCUT2D eigenvalue weighted by molar-refractivity contribution is 5.54. The van der Waals surface area contributed by atoms with Crippen molar-refractivity contribution in [2.24, 2.45) is 0 Å². The molecular formula is C27H28N2O2. The van der Waals surface area contributed by atoms with Crippen LogP contribution >= 0.6 is 0 Å². The minimum Gasteiger partial charge on any atom is -0.493 e. The third-order valence-electron chi connectivity index (χ3n) is 5.22. The average molecular weight is 413 g/mol. The maximum atomic E-state index is 5.92. The Morgan fingerprint density at radius 2 is 1.48 bits per heavy atom. The Morgan fingerprint density at radius 1 is 0.806 bits per heavy atom. The zero-order chi connectivity index (χ0) is 21.5. The van der Waals surface area contributed by atoms with E-state index in [0.29, 0.717) is 18.9 Å². The Hall–Kier alpha value is -3.37. The van der Waals surface area contributed by atoms with Gasteiger partial charge in [-0.25, -0.2) is 4.98 Å². The molecule has 0 unspecified atom stereocenters. The molecule has 0 aliphatic rings. The van der Waals surface area contributed by atoms with Crippen molar-refractivity contribution in [1.29, 1.82) is 0 Å². The van der Waals surface area contributed by atoms with E-state index in [1.165, 1.54) is 16.7 Å². The summed E-state index contributed by atoms with van der Waals surface area (Å²) in [6.07, 6.45) is 0.710. The van der Waals surface area contributed by atoms with E-state index in [1.54, 1.807) is 0 Å². The summed E-state index contributed by atoms with van der Waals surface area (Å²) in [5.74, 6) is 2.38. The molecule has 0 spiro atoms. The monoisotopic (exact) mass is 412 g/mol. The molecule has 3 aromatic carbocycles. The van der Waals surface area contributed by atoms with Crippen molar-refractivity contribution >= 4 is 0 Å². The quantitative estimate of drug-likeness (QED) is 0.373. The van der Waals surface area contributed by atoms with E-state index >= 15 is 0 Å². The first-order valence-corrected chi connectivity index (χ1v) is 10.7. The van der Waals surface area contributed by atoms with Crippen LogP contribution in [0.15, 0.2) is 83.3 Å². The van der Waals surface area contributed by atoms with Crippen molar-refractivity contribution in [2.45, 2.75) is 33.4 Å². The molecule has 31 heavy (non-hydrogen) atoms. The fraction of sp³-hybridized carbons (Fsp3) is 0.222. The zero-order valence-corrected chi connectivity index (χ0v) is 18.1. The fourth-order valence-electron chi connectivity index (χ4n) is 3.40. The van der Waals surface area contributed by atoms with Crippen LogP contribution in [0.4, 0.5) is 0 Å². The third kappa shape index (κ3) is 5.83. The Kier molecular flexibility index (Phi) is 6.80. The number of nitrogens with one attached hydrogen (secondary N) is 1. The highest BCUT2D eigenvalue weighted by Gasteiger charge is 2.11. The molecule has 0 bridgehead atoms. The summed E-state index contributed by atoms with van der Waals surface area (Å²) >= 11 is 0. The molecule has 4 heteroatoms.